The van der Waals surface area contributed by atoms with E-state index in [1.54, 1.807) is 6.07 Å². The van der Waals surface area contributed by atoms with Crippen molar-refractivity contribution in [2.24, 2.45) is 0 Å². The lowest BCUT2D eigenvalue weighted by molar-refractivity contribution is 0.0946. The predicted molar refractivity (Wildman–Crippen MR) is 70.6 cm³/mol. The van der Waals surface area contributed by atoms with Crippen LogP contribution >= 0.6 is 0 Å². The van der Waals surface area contributed by atoms with Crippen molar-refractivity contribution < 1.29 is 4.79 Å². The van der Waals surface area contributed by atoms with Gasteiger partial charge in [-0.3, -0.25) is 4.79 Å². The van der Waals surface area contributed by atoms with E-state index >= 15 is 0 Å². The van der Waals surface area contributed by atoms with Crippen molar-refractivity contribution in [2.75, 3.05) is 5.32 Å². The van der Waals surface area contributed by atoms with Crippen molar-refractivity contribution in [3.63, 3.8) is 0 Å². The summed E-state index contributed by atoms with van der Waals surface area (Å²) in [7, 11) is 0. The molecule has 2 rings (SSSR count). The summed E-state index contributed by atoms with van der Waals surface area (Å²) in [5.74, 6) is 0.431. The van der Waals surface area contributed by atoms with Crippen LogP contribution in [0.3, 0.4) is 0 Å². The molecule has 1 aromatic heterocycles. The summed E-state index contributed by atoms with van der Waals surface area (Å²) < 4.78 is 0. The van der Waals surface area contributed by atoms with E-state index in [-0.39, 0.29) is 5.91 Å². The van der Waals surface area contributed by atoms with Crippen molar-refractivity contribution in [2.45, 2.75) is 52.1 Å². The molecule has 1 aliphatic carbocycles. The highest BCUT2D eigenvalue weighted by molar-refractivity contribution is 5.93. The molecule has 1 aromatic rings. The van der Waals surface area contributed by atoms with Gasteiger partial charge in [0.1, 0.15) is 5.69 Å². The zero-order valence-electron chi connectivity index (χ0n) is 11.2. The van der Waals surface area contributed by atoms with Gasteiger partial charge in [0.2, 0.25) is 5.95 Å². The summed E-state index contributed by atoms with van der Waals surface area (Å²) in [6.07, 6.45) is 3.14. The van der Waals surface area contributed by atoms with Gasteiger partial charge in [0.15, 0.2) is 0 Å². The minimum atomic E-state index is -0.102. The average molecular weight is 248 g/mol. The Hall–Kier alpha value is -1.65. The van der Waals surface area contributed by atoms with E-state index in [0.29, 0.717) is 23.7 Å². The summed E-state index contributed by atoms with van der Waals surface area (Å²) in [5, 5.41) is 6.13. The van der Waals surface area contributed by atoms with Gasteiger partial charge in [-0.15, -0.1) is 0 Å². The molecule has 1 amide bonds. The summed E-state index contributed by atoms with van der Waals surface area (Å²) in [5.41, 5.74) is 1.25. The Kier molecular flexibility index (Phi) is 3.79. The molecule has 0 aromatic carbocycles. The fourth-order valence-corrected chi connectivity index (χ4v) is 1.56. The number of rotatable bonds is 5. The van der Waals surface area contributed by atoms with Crippen LogP contribution in [0.25, 0.3) is 0 Å². The molecule has 5 nitrogen and oxygen atoms in total. The monoisotopic (exact) mass is 248 g/mol. The number of amides is 1. The Morgan fingerprint density at radius 2 is 2.22 bits per heavy atom. The molecule has 0 saturated heterocycles. The van der Waals surface area contributed by atoms with Crippen molar-refractivity contribution in [3.8, 4) is 0 Å². The first kappa shape index (κ1) is 12.8. The van der Waals surface area contributed by atoms with Crippen LogP contribution in [0, 0.1) is 6.92 Å². The second kappa shape index (κ2) is 5.33. The number of aryl methyl sites for hydroxylation is 1. The molecule has 1 unspecified atom stereocenters. The Morgan fingerprint density at radius 1 is 1.50 bits per heavy atom. The maximum Gasteiger partial charge on any atom is 0.270 e. The van der Waals surface area contributed by atoms with Crippen LogP contribution in [0.2, 0.25) is 0 Å². The van der Waals surface area contributed by atoms with Gasteiger partial charge < -0.3 is 10.6 Å². The molecule has 1 heterocycles. The van der Waals surface area contributed by atoms with E-state index in [2.05, 4.69) is 34.4 Å². The molecular weight excluding hydrogens is 228 g/mol. The number of nitrogens with zero attached hydrogens (tertiary/aromatic N) is 2. The predicted octanol–water partition coefficient (Wildman–Crippen LogP) is 1.89. The Labute approximate surface area is 107 Å². The molecule has 98 valence electrons. The highest BCUT2D eigenvalue weighted by Crippen LogP contribution is 2.19. The number of nitrogens with one attached hydrogen (secondary N) is 2. The quantitative estimate of drug-likeness (QED) is 0.835. The molecule has 0 radical (unpaired) electrons. The molecule has 1 saturated carbocycles. The molecule has 1 atom stereocenters. The normalized spacial score (nSPS) is 16.2. The number of carbonyl (C=O) groups is 1. The number of hydrogen-bond acceptors (Lipinski definition) is 4. The summed E-state index contributed by atoms with van der Waals surface area (Å²) >= 11 is 0. The maximum atomic E-state index is 11.9. The van der Waals surface area contributed by atoms with Crippen LogP contribution in [0.1, 0.15) is 49.3 Å². The lowest BCUT2D eigenvalue weighted by Gasteiger charge is -2.12. The van der Waals surface area contributed by atoms with E-state index in [9.17, 15) is 4.79 Å². The van der Waals surface area contributed by atoms with Crippen LogP contribution < -0.4 is 10.6 Å². The van der Waals surface area contributed by atoms with E-state index < -0.39 is 0 Å². The van der Waals surface area contributed by atoms with E-state index in [1.165, 1.54) is 0 Å². The Morgan fingerprint density at radius 3 is 2.83 bits per heavy atom. The molecular formula is C13H20N4O. The highest BCUT2D eigenvalue weighted by atomic mass is 16.2. The minimum Gasteiger partial charge on any atom is -0.352 e. The van der Waals surface area contributed by atoms with Gasteiger partial charge in [-0.25, -0.2) is 9.97 Å². The zero-order chi connectivity index (χ0) is 13.1. The fourth-order valence-electron chi connectivity index (χ4n) is 1.56. The van der Waals surface area contributed by atoms with E-state index in [0.717, 1.165) is 25.0 Å². The van der Waals surface area contributed by atoms with Crippen LogP contribution in [0.4, 0.5) is 5.95 Å². The van der Waals surface area contributed by atoms with Crippen molar-refractivity contribution >= 4 is 11.9 Å². The van der Waals surface area contributed by atoms with Gasteiger partial charge in [-0.1, -0.05) is 6.92 Å². The molecule has 2 N–H and O–H groups in total. The summed E-state index contributed by atoms with van der Waals surface area (Å²) in [4.78, 5) is 20.5. The SMILES string of the molecule is CCC(C)Nc1nc(C)cc(C(=O)NC2CC2)n1. The van der Waals surface area contributed by atoms with Gasteiger partial charge in [0, 0.05) is 17.8 Å². The van der Waals surface area contributed by atoms with Crippen LogP contribution in [-0.2, 0) is 0 Å². The topological polar surface area (TPSA) is 66.9 Å². The molecule has 0 aliphatic heterocycles. The Balaban J connectivity index is 2.11. The highest BCUT2D eigenvalue weighted by Gasteiger charge is 2.24. The molecule has 1 aliphatic rings. The number of anilines is 1. The number of hydrogen-bond donors (Lipinski definition) is 2. The van der Waals surface area contributed by atoms with Crippen molar-refractivity contribution in [1.29, 1.82) is 0 Å². The Bertz CT molecular complexity index is 443. The first-order chi connectivity index (χ1) is 8.58. The largest absolute Gasteiger partial charge is 0.352 e. The third kappa shape index (κ3) is 3.42. The number of carbonyl (C=O) groups excluding carboxylic acids is 1. The minimum absolute atomic E-state index is 0.102. The molecule has 5 heteroatoms. The van der Waals surface area contributed by atoms with Crippen LogP contribution in [-0.4, -0.2) is 28.0 Å². The molecule has 18 heavy (non-hydrogen) atoms. The third-order valence-electron chi connectivity index (χ3n) is 2.99. The lowest BCUT2D eigenvalue weighted by atomic mass is 10.2. The van der Waals surface area contributed by atoms with E-state index in [4.69, 9.17) is 0 Å². The standard InChI is InChI=1S/C13H20N4O/c1-4-8(2)14-13-15-9(3)7-11(17-13)12(18)16-10-5-6-10/h7-8,10H,4-6H2,1-3H3,(H,16,18)(H,14,15,17). The smallest absolute Gasteiger partial charge is 0.270 e. The maximum absolute atomic E-state index is 11.9. The van der Waals surface area contributed by atoms with Gasteiger partial charge in [-0.05, 0) is 39.2 Å². The number of aromatic nitrogens is 2. The van der Waals surface area contributed by atoms with Crippen LogP contribution in [0.15, 0.2) is 6.07 Å². The van der Waals surface area contributed by atoms with Crippen molar-refractivity contribution in [3.05, 3.63) is 17.5 Å². The zero-order valence-corrected chi connectivity index (χ0v) is 11.2. The first-order valence-electron chi connectivity index (χ1n) is 6.51. The average Bonchev–Trinajstić information content (AvgIpc) is 3.12. The summed E-state index contributed by atoms with van der Waals surface area (Å²) in [6.45, 7) is 6.03. The van der Waals surface area contributed by atoms with Crippen LogP contribution in [0.5, 0.6) is 0 Å². The van der Waals surface area contributed by atoms with Crippen molar-refractivity contribution in [1.82, 2.24) is 15.3 Å². The van der Waals surface area contributed by atoms with E-state index in [1.807, 2.05) is 6.92 Å². The first-order valence-corrected chi connectivity index (χ1v) is 6.51. The lowest BCUT2D eigenvalue weighted by Crippen LogP contribution is -2.27. The van der Waals surface area contributed by atoms with Gasteiger partial charge in [0.05, 0.1) is 0 Å². The summed E-state index contributed by atoms with van der Waals surface area (Å²) in [6, 6.07) is 2.37. The molecule has 1 fully saturated rings. The fraction of sp³-hybridized carbons (Fsp3) is 0.615. The third-order valence-corrected chi connectivity index (χ3v) is 2.99. The second-order valence-electron chi connectivity index (χ2n) is 4.92. The van der Waals surface area contributed by atoms with Gasteiger partial charge in [-0.2, -0.15) is 0 Å². The molecule has 0 spiro atoms. The second-order valence-corrected chi connectivity index (χ2v) is 4.92. The van der Waals surface area contributed by atoms with Gasteiger partial charge in [0.25, 0.3) is 5.91 Å². The molecule has 0 bridgehead atoms. The van der Waals surface area contributed by atoms with Gasteiger partial charge >= 0.3 is 0 Å².